The molecule has 0 unspecified atom stereocenters. The summed E-state index contributed by atoms with van der Waals surface area (Å²) in [5, 5.41) is 0. The first-order valence-electron chi connectivity index (χ1n) is 5.53. The van der Waals surface area contributed by atoms with Gasteiger partial charge >= 0.3 is 0 Å². The lowest BCUT2D eigenvalue weighted by atomic mass is 9.89. The second-order valence-corrected chi connectivity index (χ2v) is 4.18. The van der Waals surface area contributed by atoms with E-state index in [9.17, 15) is 9.59 Å². The molecule has 2 aliphatic rings. The molecule has 0 spiro atoms. The smallest absolute Gasteiger partial charge is 0.209 e. The van der Waals surface area contributed by atoms with Crippen LogP contribution in [0.1, 0.15) is 26.3 Å². The predicted molar refractivity (Wildman–Crippen MR) is 64.9 cm³/mol. The van der Waals surface area contributed by atoms with Crippen LogP contribution >= 0.6 is 0 Å². The minimum Gasteiger partial charge on any atom is -0.365 e. The number of benzene rings is 1. The molecule has 17 heavy (non-hydrogen) atoms. The topological polar surface area (TPSA) is 37.1 Å². The number of carbonyl (C=O) groups is 2. The van der Waals surface area contributed by atoms with Crippen LogP contribution in [0.2, 0.25) is 0 Å². The van der Waals surface area contributed by atoms with Gasteiger partial charge in [0.15, 0.2) is 5.78 Å². The van der Waals surface area contributed by atoms with Gasteiger partial charge in [0, 0.05) is 30.3 Å². The lowest BCUT2D eigenvalue weighted by Gasteiger charge is -2.17. The third-order valence-electron chi connectivity index (χ3n) is 3.10. The van der Waals surface area contributed by atoms with E-state index in [1.54, 1.807) is 24.3 Å². The van der Waals surface area contributed by atoms with Crippen molar-refractivity contribution in [2.75, 3.05) is 13.1 Å². The van der Waals surface area contributed by atoms with E-state index in [2.05, 4.69) is 6.58 Å². The van der Waals surface area contributed by atoms with Crippen molar-refractivity contribution in [2.24, 2.45) is 0 Å². The molecule has 0 N–H and O–H groups in total. The Kier molecular flexibility index (Phi) is 2.01. The fraction of sp³-hybridized carbons (Fsp3) is 0.143. The summed E-state index contributed by atoms with van der Waals surface area (Å²) in [6.07, 6.45) is 3.06. The quantitative estimate of drug-likeness (QED) is 0.721. The number of ketones is 2. The highest BCUT2D eigenvalue weighted by Gasteiger charge is 2.33. The fourth-order valence-electron chi connectivity index (χ4n) is 2.13. The van der Waals surface area contributed by atoms with E-state index >= 15 is 0 Å². The maximum atomic E-state index is 12.2. The van der Waals surface area contributed by atoms with Gasteiger partial charge < -0.3 is 4.90 Å². The molecular weight excluding hydrogens is 214 g/mol. The van der Waals surface area contributed by atoms with E-state index in [0.29, 0.717) is 16.8 Å². The molecule has 0 amide bonds. The summed E-state index contributed by atoms with van der Waals surface area (Å²) >= 11 is 0. The highest BCUT2D eigenvalue weighted by molar-refractivity contribution is 6.25. The van der Waals surface area contributed by atoms with Crippen LogP contribution in [-0.2, 0) is 0 Å². The first-order valence-corrected chi connectivity index (χ1v) is 5.53. The van der Waals surface area contributed by atoms with Crippen LogP contribution in [0.25, 0.3) is 6.08 Å². The Hall–Kier alpha value is -2.16. The van der Waals surface area contributed by atoms with E-state index in [-0.39, 0.29) is 11.6 Å². The SMILES string of the molecule is C=Cc1cccc2c1C(=O)C=C(N1CC1)C2=O. The molecule has 1 aromatic rings. The third kappa shape index (κ3) is 1.43. The molecular formula is C14H11NO2. The van der Waals surface area contributed by atoms with Crippen LogP contribution in [0.15, 0.2) is 36.6 Å². The minimum absolute atomic E-state index is 0.0548. The summed E-state index contributed by atoms with van der Waals surface area (Å²) in [5.41, 5.74) is 2.24. The van der Waals surface area contributed by atoms with Crippen molar-refractivity contribution >= 4 is 17.6 Å². The van der Waals surface area contributed by atoms with Crippen LogP contribution < -0.4 is 0 Å². The molecule has 0 aromatic heterocycles. The number of Topliss-reactive ketones (excluding diaryl/α,β-unsaturated/α-hetero) is 1. The van der Waals surface area contributed by atoms with E-state index in [1.165, 1.54) is 6.08 Å². The molecule has 3 heteroatoms. The van der Waals surface area contributed by atoms with Crippen molar-refractivity contribution in [3.05, 3.63) is 53.2 Å². The molecule has 3 rings (SSSR count). The summed E-state index contributed by atoms with van der Waals surface area (Å²) in [4.78, 5) is 26.2. The van der Waals surface area contributed by atoms with Gasteiger partial charge in [-0.15, -0.1) is 0 Å². The van der Waals surface area contributed by atoms with Crippen molar-refractivity contribution in [1.82, 2.24) is 4.90 Å². The summed E-state index contributed by atoms with van der Waals surface area (Å²) < 4.78 is 0. The number of hydrogen-bond donors (Lipinski definition) is 0. The van der Waals surface area contributed by atoms with Crippen LogP contribution in [0.4, 0.5) is 0 Å². The van der Waals surface area contributed by atoms with Gasteiger partial charge in [-0.3, -0.25) is 9.59 Å². The van der Waals surface area contributed by atoms with Crippen LogP contribution in [0.3, 0.4) is 0 Å². The van der Waals surface area contributed by atoms with Crippen molar-refractivity contribution in [3.8, 4) is 0 Å². The van der Waals surface area contributed by atoms with Crippen molar-refractivity contribution < 1.29 is 9.59 Å². The van der Waals surface area contributed by atoms with Gasteiger partial charge in [0.25, 0.3) is 0 Å². The van der Waals surface area contributed by atoms with Gasteiger partial charge in [0.1, 0.15) is 0 Å². The van der Waals surface area contributed by atoms with Gasteiger partial charge in [-0.25, -0.2) is 0 Å². The Labute approximate surface area is 99.0 Å². The number of fused-ring (bicyclic) bond motifs is 1. The summed E-state index contributed by atoms with van der Waals surface area (Å²) in [6, 6.07) is 5.29. The maximum absolute atomic E-state index is 12.2. The molecule has 1 heterocycles. The van der Waals surface area contributed by atoms with Crippen LogP contribution in [0.5, 0.6) is 0 Å². The molecule has 0 atom stereocenters. The molecule has 1 aliphatic heterocycles. The maximum Gasteiger partial charge on any atom is 0.209 e. The van der Waals surface area contributed by atoms with Gasteiger partial charge in [-0.2, -0.15) is 0 Å². The molecule has 84 valence electrons. The normalized spacial score (nSPS) is 17.6. The molecule has 0 radical (unpaired) electrons. The van der Waals surface area contributed by atoms with Crippen molar-refractivity contribution in [2.45, 2.75) is 0 Å². The van der Waals surface area contributed by atoms with E-state index in [0.717, 1.165) is 18.7 Å². The zero-order valence-corrected chi connectivity index (χ0v) is 9.27. The van der Waals surface area contributed by atoms with Crippen molar-refractivity contribution in [1.29, 1.82) is 0 Å². The number of nitrogens with zero attached hydrogens (tertiary/aromatic N) is 1. The highest BCUT2D eigenvalue weighted by atomic mass is 16.1. The number of hydrogen-bond acceptors (Lipinski definition) is 3. The first kappa shape index (κ1) is 10.0. The molecule has 1 saturated heterocycles. The number of rotatable bonds is 2. The average molecular weight is 225 g/mol. The lowest BCUT2D eigenvalue weighted by Crippen LogP contribution is -2.22. The first-order chi connectivity index (χ1) is 8.22. The van der Waals surface area contributed by atoms with Crippen LogP contribution in [-0.4, -0.2) is 29.6 Å². The highest BCUT2D eigenvalue weighted by Crippen LogP contribution is 2.29. The number of allylic oxidation sites excluding steroid dienone is 2. The lowest BCUT2D eigenvalue weighted by molar-refractivity contribution is 0.0970. The Morgan fingerprint density at radius 2 is 2.00 bits per heavy atom. The fourth-order valence-corrected chi connectivity index (χ4v) is 2.13. The number of carbonyl (C=O) groups excluding carboxylic acids is 2. The van der Waals surface area contributed by atoms with E-state index in [1.807, 2.05) is 4.90 Å². The monoisotopic (exact) mass is 225 g/mol. The second kappa shape index (κ2) is 3.42. The molecule has 1 aromatic carbocycles. The van der Waals surface area contributed by atoms with Gasteiger partial charge in [-0.05, 0) is 5.56 Å². The molecule has 1 aliphatic carbocycles. The van der Waals surface area contributed by atoms with Gasteiger partial charge in [-0.1, -0.05) is 30.9 Å². The van der Waals surface area contributed by atoms with Gasteiger partial charge in [0.2, 0.25) is 5.78 Å². The van der Waals surface area contributed by atoms with E-state index in [4.69, 9.17) is 0 Å². The molecule has 3 nitrogen and oxygen atoms in total. The Morgan fingerprint density at radius 1 is 1.24 bits per heavy atom. The summed E-state index contributed by atoms with van der Waals surface area (Å²) in [6.45, 7) is 5.40. The van der Waals surface area contributed by atoms with E-state index < -0.39 is 0 Å². The zero-order valence-electron chi connectivity index (χ0n) is 9.27. The average Bonchev–Trinajstić information content (AvgIpc) is 3.17. The zero-order chi connectivity index (χ0) is 12.0. The summed E-state index contributed by atoms with van der Waals surface area (Å²) in [7, 11) is 0. The Bertz CT molecular complexity index is 580. The van der Waals surface area contributed by atoms with Crippen molar-refractivity contribution in [3.63, 3.8) is 0 Å². The third-order valence-corrected chi connectivity index (χ3v) is 3.10. The summed E-state index contributed by atoms with van der Waals surface area (Å²) in [5.74, 6) is -0.155. The Balaban J connectivity index is 2.19. The van der Waals surface area contributed by atoms with Gasteiger partial charge in [0.05, 0.1) is 5.70 Å². The predicted octanol–water partition coefficient (Wildman–Crippen LogP) is 1.91. The largest absolute Gasteiger partial charge is 0.365 e. The molecule has 1 fully saturated rings. The molecule has 0 saturated carbocycles. The second-order valence-electron chi connectivity index (χ2n) is 4.18. The standard InChI is InChI=1S/C14H11NO2/c1-2-9-4-3-5-10-13(9)12(16)8-11(14(10)17)15-6-7-15/h2-5,8H,1,6-7H2. The van der Waals surface area contributed by atoms with Crippen LogP contribution in [0, 0.1) is 0 Å². The minimum atomic E-state index is -0.1000. The Morgan fingerprint density at radius 3 is 2.65 bits per heavy atom. The molecule has 0 bridgehead atoms.